The van der Waals surface area contributed by atoms with Crippen molar-refractivity contribution in [3.05, 3.63) is 48.2 Å². The van der Waals surface area contributed by atoms with Gasteiger partial charge < -0.3 is 4.74 Å². The summed E-state index contributed by atoms with van der Waals surface area (Å²) in [7, 11) is 0. The molecule has 0 aliphatic rings. The second kappa shape index (κ2) is 3.87. The van der Waals surface area contributed by atoms with Crippen LogP contribution in [-0.4, -0.2) is 10.2 Å². The summed E-state index contributed by atoms with van der Waals surface area (Å²) >= 11 is 0. The largest absolute Gasteiger partial charge is 0.438 e. The van der Waals surface area contributed by atoms with Gasteiger partial charge in [0.25, 0.3) is 0 Å². The van der Waals surface area contributed by atoms with E-state index in [0.29, 0.717) is 5.88 Å². The van der Waals surface area contributed by atoms with Gasteiger partial charge in [-0.2, -0.15) is 5.10 Å². The molecule has 69 valence electrons. The highest BCUT2D eigenvalue weighted by Crippen LogP contribution is 2.18. The van der Waals surface area contributed by atoms with Gasteiger partial charge in [-0.05, 0) is 36.8 Å². The van der Waals surface area contributed by atoms with Crippen molar-refractivity contribution in [3.63, 3.8) is 0 Å². The molecule has 0 aliphatic heterocycles. The normalized spacial score (nSPS) is 9.79. The van der Waals surface area contributed by atoms with Gasteiger partial charge in [0.05, 0.1) is 0 Å². The van der Waals surface area contributed by atoms with Crippen molar-refractivity contribution in [1.82, 2.24) is 10.2 Å². The lowest BCUT2D eigenvalue weighted by molar-refractivity contribution is 0.455. The molecule has 2 aromatic rings. The monoisotopic (exact) mass is 185 g/mol. The van der Waals surface area contributed by atoms with Gasteiger partial charge >= 0.3 is 0 Å². The molecule has 1 aromatic carbocycles. The number of benzene rings is 1. The molecule has 0 unspecified atom stereocenters. The summed E-state index contributed by atoms with van der Waals surface area (Å²) in [5.41, 5.74) is 1.03. The molecular formula is C11H9N2O. The zero-order valence-electron chi connectivity index (χ0n) is 7.77. The molecule has 0 N–H and O–H groups in total. The zero-order chi connectivity index (χ0) is 9.80. The fourth-order valence-corrected chi connectivity index (χ4v) is 1.08. The third-order valence-electron chi connectivity index (χ3n) is 1.69. The van der Waals surface area contributed by atoms with E-state index in [-0.39, 0.29) is 0 Å². The molecule has 2 rings (SSSR count). The second-order valence-electron chi connectivity index (χ2n) is 2.87. The fraction of sp³-hybridized carbons (Fsp3) is 0.0909. The maximum Gasteiger partial charge on any atom is 0.238 e. The van der Waals surface area contributed by atoms with Crippen LogP contribution < -0.4 is 4.74 Å². The van der Waals surface area contributed by atoms with Crippen LogP contribution in [-0.2, 0) is 0 Å². The van der Waals surface area contributed by atoms with Crippen molar-refractivity contribution in [2.24, 2.45) is 0 Å². The van der Waals surface area contributed by atoms with Gasteiger partial charge in [-0.25, -0.2) is 0 Å². The fourth-order valence-electron chi connectivity index (χ4n) is 1.08. The van der Waals surface area contributed by atoms with Crippen LogP contribution in [0.2, 0.25) is 0 Å². The van der Waals surface area contributed by atoms with Crippen LogP contribution in [0.1, 0.15) is 5.56 Å². The second-order valence-corrected chi connectivity index (χ2v) is 2.87. The molecule has 14 heavy (non-hydrogen) atoms. The number of aromatic nitrogens is 2. The van der Waals surface area contributed by atoms with Crippen LogP contribution in [0.15, 0.2) is 36.5 Å². The van der Waals surface area contributed by atoms with E-state index in [4.69, 9.17) is 4.74 Å². The quantitative estimate of drug-likeness (QED) is 0.720. The minimum absolute atomic E-state index is 0.498. The predicted molar refractivity (Wildman–Crippen MR) is 52.1 cm³/mol. The summed E-state index contributed by atoms with van der Waals surface area (Å²) in [6.45, 7) is 1.96. The molecule has 0 fully saturated rings. The first-order valence-corrected chi connectivity index (χ1v) is 4.28. The molecule has 1 radical (unpaired) electrons. The first-order valence-electron chi connectivity index (χ1n) is 4.28. The van der Waals surface area contributed by atoms with Gasteiger partial charge in [0.2, 0.25) is 5.88 Å². The third kappa shape index (κ3) is 2.07. The Labute approximate surface area is 82.4 Å². The highest BCUT2D eigenvalue weighted by atomic mass is 16.5. The van der Waals surface area contributed by atoms with E-state index in [1.165, 1.54) is 0 Å². The summed E-state index contributed by atoms with van der Waals surface area (Å²) < 4.78 is 5.47. The first-order chi connectivity index (χ1) is 6.84. The van der Waals surface area contributed by atoms with Crippen molar-refractivity contribution in [2.75, 3.05) is 0 Å². The van der Waals surface area contributed by atoms with Crippen molar-refractivity contribution in [2.45, 2.75) is 6.92 Å². The van der Waals surface area contributed by atoms with E-state index in [1.807, 2.05) is 25.1 Å². The maximum absolute atomic E-state index is 5.47. The molecule has 0 saturated heterocycles. The number of nitrogens with zero attached hydrogens (tertiary/aromatic N) is 2. The Morgan fingerprint density at radius 1 is 1.36 bits per heavy atom. The van der Waals surface area contributed by atoms with Crippen LogP contribution in [0.25, 0.3) is 0 Å². The van der Waals surface area contributed by atoms with Gasteiger partial charge in [-0.15, -0.1) is 5.10 Å². The standard InChI is InChI=1S/C11H9N2O/c1-9-4-2-5-10(8-9)14-11-6-3-7-12-13-11/h2-3,5-8H,1H3. The number of rotatable bonds is 2. The summed E-state index contributed by atoms with van der Waals surface area (Å²) in [6.07, 6.45) is 1.61. The molecular weight excluding hydrogens is 176 g/mol. The van der Waals surface area contributed by atoms with Crippen molar-refractivity contribution in [1.29, 1.82) is 0 Å². The van der Waals surface area contributed by atoms with Crippen molar-refractivity contribution < 1.29 is 4.74 Å². The van der Waals surface area contributed by atoms with Crippen LogP contribution in [0.5, 0.6) is 11.6 Å². The van der Waals surface area contributed by atoms with Gasteiger partial charge in [0.1, 0.15) is 5.75 Å². The van der Waals surface area contributed by atoms with E-state index >= 15 is 0 Å². The lowest BCUT2D eigenvalue weighted by Gasteiger charge is -2.03. The highest BCUT2D eigenvalue weighted by molar-refractivity contribution is 5.29. The Bertz CT molecular complexity index is 415. The van der Waals surface area contributed by atoms with Gasteiger partial charge in [-0.1, -0.05) is 6.07 Å². The predicted octanol–water partition coefficient (Wildman–Crippen LogP) is 2.38. The van der Waals surface area contributed by atoms with Crippen LogP contribution in [0.4, 0.5) is 0 Å². The summed E-state index contributed by atoms with van der Waals surface area (Å²) in [6, 6.07) is 12.1. The Morgan fingerprint density at radius 3 is 3.00 bits per heavy atom. The van der Waals surface area contributed by atoms with E-state index in [2.05, 4.69) is 16.3 Å². The lowest BCUT2D eigenvalue weighted by Crippen LogP contribution is -1.89. The Morgan fingerprint density at radius 2 is 2.29 bits per heavy atom. The molecule has 0 amide bonds. The van der Waals surface area contributed by atoms with Crippen molar-refractivity contribution in [3.8, 4) is 11.6 Å². The summed E-state index contributed by atoms with van der Waals surface area (Å²) in [5.74, 6) is 1.25. The van der Waals surface area contributed by atoms with E-state index in [1.54, 1.807) is 18.3 Å². The van der Waals surface area contributed by atoms with Crippen LogP contribution in [0, 0.1) is 13.0 Å². The summed E-state index contributed by atoms with van der Waals surface area (Å²) in [5, 5.41) is 7.54. The average molecular weight is 185 g/mol. The molecule has 0 bridgehead atoms. The molecule has 3 nitrogen and oxygen atoms in total. The van der Waals surface area contributed by atoms with Gasteiger partial charge in [0.15, 0.2) is 0 Å². The zero-order valence-corrected chi connectivity index (χ0v) is 7.77. The third-order valence-corrected chi connectivity index (χ3v) is 1.69. The molecule has 0 aliphatic carbocycles. The topological polar surface area (TPSA) is 35.0 Å². The Kier molecular flexibility index (Phi) is 2.40. The molecule has 3 heteroatoms. The van der Waals surface area contributed by atoms with E-state index in [0.717, 1.165) is 11.3 Å². The molecule has 1 aromatic heterocycles. The number of aryl methyl sites for hydroxylation is 1. The minimum Gasteiger partial charge on any atom is -0.438 e. The van der Waals surface area contributed by atoms with Gasteiger partial charge in [0, 0.05) is 12.3 Å². The lowest BCUT2D eigenvalue weighted by atomic mass is 10.2. The first kappa shape index (κ1) is 8.69. The molecule has 0 saturated carbocycles. The molecule has 0 atom stereocenters. The average Bonchev–Trinajstić information content (AvgIpc) is 2.19. The molecule has 1 heterocycles. The number of hydrogen-bond donors (Lipinski definition) is 0. The smallest absolute Gasteiger partial charge is 0.238 e. The Hall–Kier alpha value is -1.90. The highest BCUT2D eigenvalue weighted by Gasteiger charge is 1.97. The SMILES string of the molecule is Cc1[c]ccc(Oc2cccnn2)c1. The van der Waals surface area contributed by atoms with Crippen LogP contribution >= 0.6 is 0 Å². The maximum atomic E-state index is 5.47. The Balaban J connectivity index is 2.19. The summed E-state index contributed by atoms with van der Waals surface area (Å²) in [4.78, 5) is 0. The number of ether oxygens (including phenoxy) is 1. The van der Waals surface area contributed by atoms with Crippen LogP contribution in [0.3, 0.4) is 0 Å². The minimum atomic E-state index is 0.498. The van der Waals surface area contributed by atoms with E-state index < -0.39 is 0 Å². The van der Waals surface area contributed by atoms with Crippen molar-refractivity contribution >= 4 is 0 Å². The van der Waals surface area contributed by atoms with Gasteiger partial charge in [-0.3, -0.25) is 0 Å². The molecule has 0 spiro atoms. The number of hydrogen-bond acceptors (Lipinski definition) is 3. The van der Waals surface area contributed by atoms with E-state index in [9.17, 15) is 0 Å².